The number of nitro groups is 1. The first-order valence-corrected chi connectivity index (χ1v) is 12.0. The summed E-state index contributed by atoms with van der Waals surface area (Å²) in [7, 11) is 0. The minimum Gasteiger partial charge on any atom is -0.456 e. The summed E-state index contributed by atoms with van der Waals surface area (Å²) >= 11 is 2.50. The molecule has 0 bridgehead atoms. The highest BCUT2D eigenvalue weighted by molar-refractivity contribution is 7.98. The van der Waals surface area contributed by atoms with Gasteiger partial charge in [-0.25, -0.2) is 9.78 Å². The van der Waals surface area contributed by atoms with Gasteiger partial charge in [-0.1, -0.05) is 18.2 Å². The number of ketones is 1. The maximum Gasteiger partial charge on any atom is 0.339 e. The molecule has 0 aliphatic rings. The molecule has 0 spiro atoms. The van der Waals surface area contributed by atoms with Gasteiger partial charge in [-0.15, -0.1) is 23.1 Å². The number of benzene rings is 2. The molecule has 4 rings (SSSR count). The van der Waals surface area contributed by atoms with Crippen LogP contribution in [0.3, 0.4) is 0 Å². The maximum absolute atomic E-state index is 13.1. The van der Waals surface area contributed by atoms with Crippen LogP contribution in [-0.2, 0) is 11.3 Å². The van der Waals surface area contributed by atoms with Crippen molar-refractivity contribution >= 4 is 45.5 Å². The third-order valence-electron chi connectivity index (χ3n) is 5.01. The summed E-state index contributed by atoms with van der Waals surface area (Å²) in [5.74, 6) is -1.32. The van der Waals surface area contributed by atoms with Crippen molar-refractivity contribution in [1.82, 2.24) is 9.38 Å². The van der Waals surface area contributed by atoms with Crippen molar-refractivity contribution in [1.29, 1.82) is 0 Å². The summed E-state index contributed by atoms with van der Waals surface area (Å²) in [6.45, 7) is 1.54. The van der Waals surface area contributed by atoms with Crippen molar-refractivity contribution in [3.63, 3.8) is 0 Å². The van der Waals surface area contributed by atoms with Gasteiger partial charge in [0, 0.05) is 34.3 Å². The molecule has 0 atom stereocenters. The average Bonchev–Trinajstić information content (AvgIpc) is 3.22. The molecule has 0 saturated carbocycles. The summed E-state index contributed by atoms with van der Waals surface area (Å²) < 4.78 is 6.81. The van der Waals surface area contributed by atoms with E-state index in [0.717, 1.165) is 5.69 Å². The number of hydrogen-bond acceptors (Lipinski definition) is 9. The Labute approximate surface area is 201 Å². The molecule has 0 aliphatic carbocycles. The molecule has 0 fully saturated rings. The van der Waals surface area contributed by atoms with Crippen LogP contribution in [0.2, 0.25) is 0 Å². The number of carbonyl (C=O) groups excluding carboxylic acids is 2. The minimum absolute atomic E-state index is 0.00821. The number of nitrogens with zero attached hydrogens (tertiary/aromatic N) is 3. The largest absolute Gasteiger partial charge is 0.456 e. The molecule has 2 aromatic heterocycles. The molecule has 4 aromatic rings. The van der Waals surface area contributed by atoms with E-state index in [9.17, 15) is 24.5 Å². The molecule has 0 radical (unpaired) electrons. The van der Waals surface area contributed by atoms with Gasteiger partial charge in [-0.2, -0.15) is 0 Å². The van der Waals surface area contributed by atoms with E-state index in [0.29, 0.717) is 9.86 Å². The van der Waals surface area contributed by atoms with Gasteiger partial charge in [0.15, 0.2) is 10.7 Å². The first kappa shape index (κ1) is 23.3. The predicted molar refractivity (Wildman–Crippen MR) is 128 cm³/mol. The van der Waals surface area contributed by atoms with Crippen LogP contribution in [0.15, 0.2) is 63.6 Å². The van der Waals surface area contributed by atoms with Crippen LogP contribution in [0.25, 0.3) is 4.96 Å². The third kappa shape index (κ3) is 4.47. The van der Waals surface area contributed by atoms with E-state index in [4.69, 9.17) is 4.74 Å². The second kappa shape index (κ2) is 9.57. The molecule has 0 N–H and O–H groups in total. The number of thiazole rings is 1. The molecule has 2 aromatic carbocycles. The van der Waals surface area contributed by atoms with Crippen molar-refractivity contribution in [2.24, 2.45) is 0 Å². The lowest BCUT2D eigenvalue weighted by atomic mass is 9.98. The van der Waals surface area contributed by atoms with Gasteiger partial charge in [0.05, 0.1) is 21.1 Å². The van der Waals surface area contributed by atoms with Gasteiger partial charge >= 0.3 is 5.97 Å². The summed E-state index contributed by atoms with van der Waals surface area (Å²) in [6.07, 6.45) is 1.70. The Hall–Kier alpha value is -3.83. The second-order valence-electron chi connectivity index (χ2n) is 7.18. The SMILES string of the molecule is CSc1ccc(C(=O)c2ccccc2C(=O)OCc2cc(=O)n3c(C)csc3n2)cc1[N+](=O)[O-]. The molecular weight excluding hydrogens is 478 g/mol. The second-order valence-corrected chi connectivity index (χ2v) is 8.86. The third-order valence-corrected chi connectivity index (χ3v) is 6.74. The van der Waals surface area contributed by atoms with E-state index in [-0.39, 0.29) is 40.2 Å². The number of ether oxygens (including phenoxy) is 1. The fourth-order valence-corrected chi connectivity index (χ4v) is 4.82. The summed E-state index contributed by atoms with van der Waals surface area (Å²) in [4.78, 5) is 54.3. The topological polar surface area (TPSA) is 121 Å². The van der Waals surface area contributed by atoms with Gasteiger partial charge in [0.25, 0.3) is 11.2 Å². The summed E-state index contributed by atoms with van der Waals surface area (Å²) in [6, 6.07) is 11.5. The fraction of sp³-hybridized carbons (Fsp3) is 0.130. The number of aromatic nitrogens is 2. The zero-order valence-corrected chi connectivity index (χ0v) is 19.6. The van der Waals surface area contributed by atoms with Crippen molar-refractivity contribution < 1.29 is 19.2 Å². The zero-order valence-electron chi connectivity index (χ0n) is 18.0. The van der Waals surface area contributed by atoms with Crippen LogP contribution in [0.1, 0.15) is 37.7 Å². The number of carbonyl (C=O) groups is 2. The van der Waals surface area contributed by atoms with Crippen LogP contribution in [0.4, 0.5) is 5.69 Å². The van der Waals surface area contributed by atoms with E-state index in [2.05, 4.69) is 4.98 Å². The Morgan fingerprint density at radius 2 is 1.91 bits per heavy atom. The van der Waals surface area contributed by atoms with E-state index in [1.165, 1.54) is 63.9 Å². The number of rotatable bonds is 7. The Kier molecular flexibility index (Phi) is 6.57. The number of aryl methyl sites for hydroxylation is 1. The van der Waals surface area contributed by atoms with Crippen molar-refractivity contribution in [2.45, 2.75) is 18.4 Å². The van der Waals surface area contributed by atoms with E-state index < -0.39 is 16.7 Å². The van der Waals surface area contributed by atoms with E-state index in [1.807, 2.05) is 0 Å². The quantitative estimate of drug-likeness (QED) is 0.122. The molecule has 172 valence electrons. The Bertz CT molecular complexity index is 1510. The van der Waals surface area contributed by atoms with Crippen LogP contribution < -0.4 is 5.56 Å². The smallest absolute Gasteiger partial charge is 0.339 e. The highest BCUT2D eigenvalue weighted by Crippen LogP contribution is 2.29. The maximum atomic E-state index is 13.1. The van der Waals surface area contributed by atoms with Gasteiger partial charge in [0.1, 0.15) is 6.61 Å². The molecule has 2 heterocycles. The highest BCUT2D eigenvalue weighted by Gasteiger charge is 2.22. The summed E-state index contributed by atoms with van der Waals surface area (Å²) in [5.41, 5.74) is 0.727. The van der Waals surface area contributed by atoms with Crippen molar-refractivity contribution in [2.75, 3.05) is 6.26 Å². The van der Waals surface area contributed by atoms with Crippen LogP contribution in [0, 0.1) is 17.0 Å². The highest BCUT2D eigenvalue weighted by atomic mass is 32.2. The van der Waals surface area contributed by atoms with Gasteiger partial charge in [-0.3, -0.25) is 24.1 Å². The summed E-state index contributed by atoms with van der Waals surface area (Å²) in [5, 5.41) is 13.2. The number of nitro benzene ring substituents is 1. The predicted octanol–water partition coefficient (Wildman–Crippen LogP) is 4.28. The van der Waals surface area contributed by atoms with Crippen LogP contribution >= 0.6 is 23.1 Å². The molecule has 11 heteroatoms. The number of hydrogen-bond donors (Lipinski definition) is 0. The lowest BCUT2D eigenvalue weighted by Crippen LogP contribution is -2.17. The van der Waals surface area contributed by atoms with Crippen molar-refractivity contribution in [3.05, 3.63) is 102 Å². The van der Waals surface area contributed by atoms with Crippen LogP contribution in [-0.4, -0.2) is 32.3 Å². The van der Waals surface area contributed by atoms with E-state index >= 15 is 0 Å². The van der Waals surface area contributed by atoms with Gasteiger partial charge in [0.2, 0.25) is 0 Å². The molecule has 9 nitrogen and oxygen atoms in total. The first-order valence-electron chi connectivity index (χ1n) is 9.90. The minimum atomic E-state index is -0.774. The molecule has 0 unspecified atom stereocenters. The zero-order chi connectivity index (χ0) is 24.4. The Morgan fingerprint density at radius 1 is 1.18 bits per heavy atom. The number of thioether (sulfide) groups is 1. The first-order chi connectivity index (χ1) is 16.3. The lowest BCUT2D eigenvalue weighted by Gasteiger charge is -2.10. The van der Waals surface area contributed by atoms with Crippen molar-refractivity contribution in [3.8, 4) is 0 Å². The molecule has 0 aliphatic heterocycles. The lowest BCUT2D eigenvalue weighted by molar-refractivity contribution is -0.387. The van der Waals surface area contributed by atoms with Gasteiger partial charge < -0.3 is 4.74 Å². The molecule has 0 saturated heterocycles. The monoisotopic (exact) mass is 495 g/mol. The average molecular weight is 496 g/mol. The van der Waals surface area contributed by atoms with Crippen LogP contribution in [0.5, 0.6) is 0 Å². The Morgan fingerprint density at radius 3 is 2.62 bits per heavy atom. The van der Waals surface area contributed by atoms with Gasteiger partial charge in [-0.05, 0) is 31.4 Å². The number of fused-ring (bicyclic) bond motifs is 1. The normalized spacial score (nSPS) is 10.9. The molecular formula is C23H17N3O6S2. The fourth-order valence-electron chi connectivity index (χ4n) is 3.38. The number of esters is 1. The van der Waals surface area contributed by atoms with E-state index in [1.54, 1.807) is 30.7 Å². The molecule has 0 amide bonds. The standard InChI is InChI=1S/C23H17N3O6S2/c1-13-12-34-23-24-15(10-20(27)25(13)23)11-32-22(29)17-6-4-3-5-16(17)21(28)14-7-8-19(33-2)18(9-14)26(30)31/h3-10,12H,11H2,1-2H3. The molecule has 34 heavy (non-hydrogen) atoms. The Balaban J connectivity index is 1.59.